The number of rotatable bonds is 8. The molecule has 0 aliphatic heterocycles. The minimum atomic E-state index is -2.92. The molecule has 0 amide bonds. The first-order valence-corrected chi connectivity index (χ1v) is 18.5. The van der Waals surface area contributed by atoms with Crippen LogP contribution in [0.25, 0.3) is 45.3 Å². The molecule has 232 valence electrons. The molecular formula is C45H33N3Si. The van der Waals surface area contributed by atoms with Crippen molar-refractivity contribution in [3.8, 4) is 45.3 Å². The van der Waals surface area contributed by atoms with E-state index >= 15 is 0 Å². The average molecular weight is 644 g/mol. The summed E-state index contributed by atoms with van der Waals surface area (Å²) in [5.74, 6) is 1.94. The Labute approximate surface area is 288 Å². The van der Waals surface area contributed by atoms with Crippen molar-refractivity contribution < 1.29 is 0 Å². The topological polar surface area (TPSA) is 38.7 Å². The van der Waals surface area contributed by atoms with Gasteiger partial charge in [-0.2, -0.15) is 0 Å². The highest BCUT2D eigenvalue weighted by Crippen LogP contribution is 2.28. The quantitative estimate of drug-likeness (QED) is 0.125. The van der Waals surface area contributed by atoms with Gasteiger partial charge in [-0.15, -0.1) is 0 Å². The molecule has 3 nitrogen and oxygen atoms in total. The van der Waals surface area contributed by atoms with Gasteiger partial charge in [-0.05, 0) is 31.9 Å². The van der Waals surface area contributed by atoms with Crippen molar-refractivity contribution in [2.75, 3.05) is 0 Å². The maximum atomic E-state index is 5.14. The summed E-state index contributed by atoms with van der Waals surface area (Å²) < 4.78 is 0. The van der Waals surface area contributed by atoms with Crippen LogP contribution in [0.3, 0.4) is 0 Å². The van der Waals surface area contributed by atoms with E-state index in [1.165, 1.54) is 31.9 Å². The van der Waals surface area contributed by atoms with Gasteiger partial charge in [0.05, 0.1) is 0 Å². The highest BCUT2D eigenvalue weighted by Gasteiger charge is 2.43. The van der Waals surface area contributed by atoms with Crippen molar-refractivity contribution in [2.24, 2.45) is 0 Å². The van der Waals surface area contributed by atoms with Crippen molar-refractivity contribution in [1.82, 2.24) is 15.0 Å². The van der Waals surface area contributed by atoms with E-state index in [0.717, 1.165) is 16.7 Å². The summed E-state index contributed by atoms with van der Waals surface area (Å²) in [7, 11) is -2.92. The Bertz CT molecular complexity index is 2140. The highest BCUT2D eigenvalue weighted by atomic mass is 28.3. The maximum Gasteiger partial charge on any atom is 0.180 e. The van der Waals surface area contributed by atoms with Crippen LogP contribution in [0.15, 0.2) is 200 Å². The Morgan fingerprint density at radius 3 is 1.00 bits per heavy atom. The molecule has 8 rings (SSSR count). The van der Waals surface area contributed by atoms with Crippen LogP contribution in [0.2, 0.25) is 0 Å². The summed E-state index contributed by atoms with van der Waals surface area (Å²) in [6, 6.07) is 71.0. The fourth-order valence-corrected chi connectivity index (χ4v) is 11.8. The van der Waals surface area contributed by atoms with Gasteiger partial charge in [0.2, 0.25) is 0 Å². The molecule has 0 bridgehead atoms. The molecule has 0 radical (unpaired) electrons. The molecule has 8 aromatic rings. The molecule has 0 saturated carbocycles. The minimum Gasteiger partial charge on any atom is -0.208 e. The lowest BCUT2D eigenvalue weighted by Crippen LogP contribution is -2.75. The molecule has 7 aromatic carbocycles. The van der Waals surface area contributed by atoms with Crippen LogP contribution in [0, 0.1) is 0 Å². The van der Waals surface area contributed by atoms with Gasteiger partial charge >= 0.3 is 0 Å². The van der Waals surface area contributed by atoms with E-state index in [2.05, 4.69) is 164 Å². The molecule has 0 saturated heterocycles. The second-order valence-electron chi connectivity index (χ2n) is 12.0. The molecule has 0 N–H and O–H groups in total. The zero-order valence-corrected chi connectivity index (χ0v) is 27.9. The highest BCUT2D eigenvalue weighted by molar-refractivity contribution is 7.20. The summed E-state index contributed by atoms with van der Waals surface area (Å²) in [6.45, 7) is 0. The van der Waals surface area contributed by atoms with Crippen LogP contribution >= 0.6 is 0 Å². The van der Waals surface area contributed by atoms with Gasteiger partial charge in [-0.25, -0.2) is 15.0 Å². The van der Waals surface area contributed by atoms with Crippen molar-refractivity contribution in [3.63, 3.8) is 0 Å². The SMILES string of the molecule is c1ccc(-c2nc(-c3ccccc3)nc(-c3ccc(-c4ccccc4)c([Si](c4ccccc4)(c4ccccc4)c4ccccc4)c3)n2)cc1. The lowest BCUT2D eigenvalue weighted by atomic mass is 10.0. The molecule has 0 aliphatic carbocycles. The van der Waals surface area contributed by atoms with Gasteiger partial charge in [0.1, 0.15) is 0 Å². The van der Waals surface area contributed by atoms with E-state index < -0.39 is 8.07 Å². The van der Waals surface area contributed by atoms with E-state index in [0.29, 0.717) is 17.5 Å². The second-order valence-corrected chi connectivity index (χ2v) is 15.8. The second kappa shape index (κ2) is 13.5. The molecule has 1 aromatic heterocycles. The molecule has 0 unspecified atom stereocenters. The van der Waals surface area contributed by atoms with E-state index in [-0.39, 0.29) is 0 Å². The van der Waals surface area contributed by atoms with Crippen LogP contribution in [-0.4, -0.2) is 23.0 Å². The summed E-state index contributed by atoms with van der Waals surface area (Å²) >= 11 is 0. The summed E-state index contributed by atoms with van der Waals surface area (Å²) in [4.78, 5) is 15.2. The number of hydrogen-bond donors (Lipinski definition) is 0. The van der Waals surface area contributed by atoms with E-state index in [4.69, 9.17) is 15.0 Å². The largest absolute Gasteiger partial charge is 0.208 e. The number of aromatic nitrogens is 3. The third-order valence-electron chi connectivity index (χ3n) is 9.09. The Morgan fingerprint density at radius 2 is 0.612 bits per heavy atom. The Kier molecular flexibility index (Phi) is 8.29. The first kappa shape index (κ1) is 30.1. The Balaban J connectivity index is 1.47. The third-order valence-corrected chi connectivity index (χ3v) is 13.9. The maximum absolute atomic E-state index is 5.14. The minimum absolute atomic E-state index is 0.644. The van der Waals surface area contributed by atoms with Gasteiger partial charge in [0.25, 0.3) is 0 Å². The zero-order valence-electron chi connectivity index (χ0n) is 26.9. The molecule has 0 spiro atoms. The van der Waals surface area contributed by atoms with Crippen molar-refractivity contribution >= 4 is 28.8 Å². The van der Waals surface area contributed by atoms with Crippen LogP contribution in [0.4, 0.5) is 0 Å². The van der Waals surface area contributed by atoms with Crippen molar-refractivity contribution in [1.29, 1.82) is 0 Å². The summed E-state index contributed by atoms with van der Waals surface area (Å²) in [5.41, 5.74) is 5.23. The summed E-state index contributed by atoms with van der Waals surface area (Å²) in [6.07, 6.45) is 0. The fourth-order valence-electron chi connectivity index (χ4n) is 6.83. The average Bonchev–Trinajstić information content (AvgIpc) is 3.20. The number of benzene rings is 7. The van der Waals surface area contributed by atoms with Gasteiger partial charge in [-0.3, -0.25) is 0 Å². The fraction of sp³-hybridized carbons (Fsp3) is 0. The Hall–Kier alpha value is -6.23. The number of nitrogens with zero attached hydrogens (tertiary/aromatic N) is 3. The molecule has 1 heterocycles. The molecular weight excluding hydrogens is 611 g/mol. The first-order chi connectivity index (χ1) is 24.3. The predicted molar refractivity (Wildman–Crippen MR) is 205 cm³/mol. The molecule has 4 heteroatoms. The van der Waals surface area contributed by atoms with Gasteiger partial charge < -0.3 is 0 Å². The van der Waals surface area contributed by atoms with Crippen molar-refractivity contribution in [3.05, 3.63) is 200 Å². The lowest BCUT2D eigenvalue weighted by Gasteiger charge is -2.36. The van der Waals surface area contributed by atoms with Gasteiger partial charge in [0.15, 0.2) is 25.5 Å². The molecule has 0 atom stereocenters. The van der Waals surface area contributed by atoms with Crippen LogP contribution in [0.5, 0.6) is 0 Å². The van der Waals surface area contributed by atoms with Gasteiger partial charge in [0, 0.05) is 16.7 Å². The van der Waals surface area contributed by atoms with E-state index in [1.54, 1.807) is 0 Å². The monoisotopic (exact) mass is 643 g/mol. The molecule has 0 aliphatic rings. The number of hydrogen-bond acceptors (Lipinski definition) is 3. The van der Waals surface area contributed by atoms with E-state index in [9.17, 15) is 0 Å². The standard InChI is InChI=1S/C45H33N3Si/c1-7-19-34(20-8-1)41-32-31-37(45-47-43(35-21-9-2-10-22-35)46-44(48-45)36-23-11-3-12-24-36)33-42(41)49(38-25-13-4-14-26-38,39-27-15-5-16-28-39)40-29-17-6-18-30-40/h1-33H. The molecule has 49 heavy (non-hydrogen) atoms. The smallest absolute Gasteiger partial charge is 0.180 e. The normalized spacial score (nSPS) is 11.3. The van der Waals surface area contributed by atoms with Crippen molar-refractivity contribution in [2.45, 2.75) is 0 Å². The Morgan fingerprint density at radius 1 is 0.286 bits per heavy atom. The lowest BCUT2D eigenvalue weighted by molar-refractivity contribution is 1.07. The first-order valence-electron chi connectivity index (χ1n) is 16.5. The molecule has 0 fully saturated rings. The van der Waals surface area contributed by atoms with Crippen LogP contribution < -0.4 is 20.7 Å². The predicted octanol–water partition coefficient (Wildman–Crippen LogP) is 7.92. The zero-order chi connectivity index (χ0) is 32.9. The summed E-state index contributed by atoms with van der Waals surface area (Å²) in [5, 5.41) is 5.22. The van der Waals surface area contributed by atoms with E-state index in [1.807, 2.05) is 36.4 Å². The van der Waals surface area contributed by atoms with Crippen LogP contribution in [0.1, 0.15) is 0 Å². The third kappa shape index (κ3) is 5.79. The van der Waals surface area contributed by atoms with Crippen LogP contribution in [-0.2, 0) is 0 Å². The van der Waals surface area contributed by atoms with Gasteiger partial charge in [-0.1, -0.05) is 200 Å².